The third-order valence-corrected chi connectivity index (χ3v) is 4.78. The second kappa shape index (κ2) is 6.75. The molecule has 3 aromatic rings. The summed E-state index contributed by atoms with van der Waals surface area (Å²) in [6.45, 7) is 2.01. The van der Waals surface area contributed by atoms with Gasteiger partial charge in [-0.25, -0.2) is 9.07 Å². The highest BCUT2D eigenvalue weighted by Gasteiger charge is 2.25. The van der Waals surface area contributed by atoms with E-state index in [1.807, 2.05) is 31.2 Å². The predicted octanol–water partition coefficient (Wildman–Crippen LogP) is 4.45. The van der Waals surface area contributed by atoms with E-state index in [4.69, 9.17) is 0 Å². The molecule has 4 nitrogen and oxygen atoms in total. The third kappa shape index (κ3) is 3.12. The molecule has 1 aromatic heterocycles. The number of benzene rings is 2. The topological polar surface area (TPSA) is 46.9 Å². The molecule has 0 aliphatic heterocycles. The summed E-state index contributed by atoms with van der Waals surface area (Å²) >= 11 is 0. The SMILES string of the molecule is Cc1ccc(NC(=O)c2nn(-c3ccc(F)cc3)c3c2CCCC3)cc1. The van der Waals surface area contributed by atoms with Gasteiger partial charge in [-0.05, 0) is 69.0 Å². The fraction of sp³-hybridized carbons (Fsp3) is 0.238. The second-order valence-corrected chi connectivity index (χ2v) is 6.69. The van der Waals surface area contributed by atoms with Crippen molar-refractivity contribution in [2.45, 2.75) is 32.6 Å². The van der Waals surface area contributed by atoms with Crippen LogP contribution < -0.4 is 5.32 Å². The number of amides is 1. The van der Waals surface area contributed by atoms with Crippen LogP contribution in [0.25, 0.3) is 5.69 Å². The maximum Gasteiger partial charge on any atom is 0.276 e. The first-order valence-corrected chi connectivity index (χ1v) is 8.86. The average molecular weight is 349 g/mol. The summed E-state index contributed by atoms with van der Waals surface area (Å²) in [7, 11) is 0. The largest absolute Gasteiger partial charge is 0.321 e. The quantitative estimate of drug-likeness (QED) is 0.759. The molecule has 1 amide bonds. The lowest BCUT2D eigenvalue weighted by atomic mass is 9.95. The van der Waals surface area contributed by atoms with Crippen molar-refractivity contribution in [2.24, 2.45) is 0 Å². The highest BCUT2D eigenvalue weighted by atomic mass is 19.1. The van der Waals surface area contributed by atoms with Crippen LogP contribution >= 0.6 is 0 Å². The molecular formula is C21H20FN3O. The Bertz CT molecular complexity index is 943. The lowest BCUT2D eigenvalue weighted by molar-refractivity contribution is 0.102. The van der Waals surface area contributed by atoms with Crippen LogP contribution in [-0.2, 0) is 12.8 Å². The van der Waals surface area contributed by atoms with Crippen LogP contribution in [-0.4, -0.2) is 15.7 Å². The zero-order valence-corrected chi connectivity index (χ0v) is 14.6. The van der Waals surface area contributed by atoms with Gasteiger partial charge in [0, 0.05) is 16.9 Å². The first-order valence-electron chi connectivity index (χ1n) is 8.86. The summed E-state index contributed by atoms with van der Waals surface area (Å²) in [5.74, 6) is -0.486. The van der Waals surface area contributed by atoms with Crippen LogP contribution in [0.15, 0.2) is 48.5 Å². The number of hydrogen-bond donors (Lipinski definition) is 1. The first-order chi connectivity index (χ1) is 12.6. The van der Waals surface area contributed by atoms with E-state index in [-0.39, 0.29) is 11.7 Å². The minimum atomic E-state index is -0.285. The van der Waals surface area contributed by atoms with Gasteiger partial charge in [0.05, 0.1) is 5.69 Å². The predicted molar refractivity (Wildman–Crippen MR) is 99.3 cm³/mol. The van der Waals surface area contributed by atoms with Gasteiger partial charge in [0.1, 0.15) is 5.82 Å². The maximum atomic E-state index is 13.3. The Kier molecular flexibility index (Phi) is 4.29. The molecule has 26 heavy (non-hydrogen) atoms. The van der Waals surface area contributed by atoms with E-state index in [1.54, 1.807) is 16.8 Å². The van der Waals surface area contributed by atoms with Gasteiger partial charge in [0.15, 0.2) is 5.69 Å². The van der Waals surface area contributed by atoms with Crippen molar-refractivity contribution in [1.82, 2.24) is 9.78 Å². The summed E-state index contributed by atoms with van der Waals surface area (Å²) in [5.41, 5.74) is 5.19. The molecule has 0 fully saturated rings. The number of carbonyl (C=O) groups is 1. The van der Waals surface area contributed by atoms with Crippen LogP contribution in [0.5, 0.6) is 0 Å². The van der Waals surface area contributed by atoms with Gasteiger partial charge >= 0.3 is 0 Å². The van der Waals surface area contributed by atoms with Crippen molar-refractivity contribution in [2.75, 3.05) is 5.32 Å². The zero-order chi connectivity index (χ0) is 18.1. The summed E-state index contributed by atoms with van der Waals surface area (Å²) in [5, 5.41) is 7.52. The van der Waals surface area contributed by atoms with Gasteiger partial charge < -0.3 is 5.32 Å². The van der Waals surface area contributed by atoms with E-state index in [0.29, 0.717) is 5.69 Å². The molecule has 1 aliphatic carbocycles. The molecule has 1 aliphatic rings. The molecular weight excluding hydrogens is 329 g/mol. The van der Waals surface area contributed by atoms with Gasteiger partial charge in [-0.3, -0.25) is 4.79 Å². The van der Waals surface area contributed by atoms with E-state index in [1.165, 1.54) is 12.1 Å². The highest BCUT2D eigenvalue weighted by Crippen LogP contribution is 2.27. The van der Waals surface area contributed by atoms with Gasteiger partial charge in [0.2, 0.25) is 0 Å². The number of hydrogen-bond acceptors (Lipinski definition) is 2. The summed E-state index contributed by atoms with van der Waals surface area (Å²) in [6.07, 6.45) is 3.83. The number of aromatic nitrogens is 2. The van der Waals surface area contributed by atoms with Crippen molar-refractivity contribution >= 4 is 11.6 Å². The molecule has 0 saturated heterocycles. The number of carbonyl (C=O) groups excluding carboxylic acids is 1. The van der Waals surface area contributed by atoms with E-state index >= 15 is 0 Å². The Labute approximate surface area is 151 Å². The number of fused-ring (bicyclic) bond motifs is 1. The molecule has 2 aromatic carbocycles. The van der Waals surface area contributed by atoms with Gasteiger partial charge in [0.25, 0.3) is 5.91 Å². The molecule has 5 heteroatoms. The monoisotopic (exact) mass is 349 g/mol. The molecule has 0 bridgehead atoms. The van der Waals surface area contributed by atoms with Crippen LogP contribution in [0.1, 0.15) is 40.2 Å². The van der Waals surface area contributed by atoms with Crippen LogP contribution in [0.3, 0.4) is 0 Å². The van der Waals surface area contributed by atoms with E-state index in [0.717, 1.165) is 53.9 Å². The minimum Gasteiger partial charge on any atom is -0.321 e. The lowest BCUT2D eigenvalue weighted by Crippen LogP contribution is -2.15. The van der Waals surface area contributed by atoms with Gasteiger partial charge in [-0.15, -0.1) is 0 Å². The van der Waals surface area contributed by atoms with Gasteiger partial charge in [-0.1, -0.05) is 17.7 Å². The minimum absolute atomic E-state index is 0.201. The molecule has 0 radical (unpaired) electrons. The Balaban J connectivity index is 1.70. The van der Waals surface area contributed by atoms with E-state index < -0.39 is 0 Å². The fourth-order valence-electron chi connectivity index (χ4n) is 3.40. The third-order valence-electron chi connectivity index (χ3n) is 4.78. The highest BCUT2D eigenvalue weighted by molar-refractivity contribution is 6.04. The maximum absolute atomic E-state index is 13.3. The summed E-state index contributed by atoms with van der Waals surface area (Å²) in [6, 6.07) is 13.9. The van der Waals surface area contributed by atoms with E-state index in [9.17, 15) is 9.18 Å². The van der Waals surface area contributed by atoms with Gasteiger partial charge in [-0.2, -0.15) is 5.10 Å². The summed E-state index contributed by atoms with van der Waals surface area (Å²) in [4.78, 5) is 12.8. The Hall–Kier alpha value is -2.95. The standard InChI is InChI=1S/C21H20FN3O/c1-14-6-10-16(11-7-14)23-21(26)20-18-4-2-3-5-19(18)25(24-20)17-12-8-15(22)9-13-17/h6-13H,2-5H2,1H3,(H,23,26). The summed E-state index contributed by atoms with van der Waals surface area (Å²) < 4.78 is 15.0. The van der Waals surface area contributed by atoms with Crippen molar-refractivity contribution in [3.8, 4) is 5.69 Å². The number of anilines is 1. The normalized spacial score (nSPS) is 13.3. The first kappa shape index (κ1) is 16.5. The van der Waals surface area contributed by atoms with Crippen LogP contribution in [0, 0.1) is 12.7 Å². The molecule has 0 saturated carbocycles. The van der Waals surface area contributed by atoms with Crippen LogP contribution in [0.4, 0.5) is 10.1 Å². The second-order valence-electron chi connectivity index (χ2n) is 6.69. The number of halogens is 1. The Morgan fingerprint density at radius 3 is 2.46 bits per heavy atom. The number of nitrogens with zero attached hydrogens (tertiary/aromatic N) is 2. The molecule has 1 heterocycles. The Morgan fingerprint density at radius 1 is 1.04 bits per heavy atom. The smallest absolute Gasteiger partial charge is 0.276 e. The van der Waals surface area contributed by atoms with Crippen molar-refractivity contribution in [3.63, 3.8) is 0 Å². The number of rotatable bonds is 3. The molecule has 132 valence electrons. The Morgan fingerprint density at radius 2 is 1.73 bits per heavy atom. The lowest BCUT2D eigenvalue weighted by Gasteiger charge is -2.14. The molecule has 1 N–H and O–H groups in total. The number of aryl methyl sites for hydroxylation is 1. The van der Waals surface area contributed by atoms with Crippen molar-refractivity contribution in [3.05, 3.63) is 76.9 Å². The molecule has 0 unspecified atom stereocenters. The zero-order valence-electron chi connectivity index (χ0n) is 14.6. The average Bonchev–Trinajstić information content (AvgIpc) is 3.04. The molecule has 4 rings (SSSR count). The number of nitrogens with one attached hydrogen (secondary N) is 1. The molecule has 0 atom stereocenters. The molecule has 0 spiro atoms. The fourth-order valence-corrected chi connectivity index (χ4v) is 3.40. The van der Waals surface area contributed by atoms with E-state index in [2.05, 4.69) is 10.4 Å². The van der Waals surface area contributed by atoms with Crippen LogP contribution in [0.2, 0.25) is 0 Å². The van der Waals surface area contributed by atoms with Crippen molar-refractivity contribution in [1.29, 1.82) is 0 Å². The van der Waals surface area contributed by atoms with Crippen molar-refractivity contribution < 1.29 is 9.18 Å².